The zero-order chi connectivity index (χ0) is 14.3. The summed E-state index contributed by atoms with van der Waals surface area (Å²) < 4.78 is 0. The number of aryl methyl sites for hydroxylation is 3. The molecule has 3 rings (SSSR count). The van der Waals surface area contributed by atoms with Crippen LogP contribution in [-0.2, 0) is 0 Å². The normalized spacial score (nSPS) is 11.0. The predicted molar refractivity (Wildman–Crippen MR) is 84.2 cm³/mol. The van der Waals surface area contributed by atoms with Gasteiger partial charge in [0, 0.05) is 17.3 Å². The third-order valence-corrected chi connectivity index (χ3v) is 3.74. The zero-order valence-corrected chi connectivity index (χ0v) is 12.5. The Hall–Kier alpha value is -1.93. The van der Waals surface area contributed by atoms with Gasteiger partial charge in [0.1, 0.15) is 5.15 Å². The minimum Gasteiger partial charge on any atom is -0.253 e. The van der Waals surface area contributed by atoms with E-state index in [9.17, 15) is 0 Å². The summed E-state index contributed by atoms with van der Waals surface area (Å²) in [6, 6.07) is 10.4. The molecule has 0 amide bonds. The molecule has 0 atom stereocenters. The maximum atomic E-state index is 6.03. The maximum absolute atomic E-state index is 6.03. The summed E-state index contributed by atoms with van der Waals surface area (Å²) in [5.74, 6) is 0. The first-order valence-corrected chi connectivity index (χ1v) is 6.93. The second-order valence-corrected chi connectivity index (χ2v) is 5.52. The van der Waals surface area contributed by atoms with Crippen molar-refractivity contribution in [2.45, 2.75) is 20.8 Å². The average Bonchev–Trinajstić information content (AvgIpc) is 2.41. The van der Waals surface area contributed by atoms with Crippen LogP contribution in [0.5, 0.6) is 0 Å². The highest BCUT2D eigenvalue weighted by Crippen LogP contribution is 2.31. The Morgan fingerprint density at radius 2 is 1.65 bits per heavy atom. The summed E-state index contributed by atoms with van der Waals surface area (Å²) >= 11 is 6.03. The van der Waals surface area contributed by atoms with Gasteiger partial charge in [-0.2, -0.15) is 0 Å². The fourth-order valence-corrected chi connectivity index (χ4v) is 2.61. The van der Waals surface area contributed by atoms with Crippen molar-refractivity contribution >= 4 is 22.5 Å². The third kappa shape index (κ3) is 2.27. The van der Waals surface area contributed by atoms with Crippen molar-refractivity contribution in [1.82, 2.24) is 9.97 Å². The molecule has 1 aromatic carbocycles. The Kier molecular flexibility index (Phi) is 3.19. The van der Waals surface area contributed by atoms with E-state index in [1.54, 1.807) is 0 Å². The Morgan fingerprint density at radius 1 is 0.900 bits per heavy atom. The number of aromatic nitrogens is 2. The summed E-state index contributed by atoms with van der Waals surface area (Å²) in [7, 11) is 0. The third-order valence-electron chi connectivity index (χ3n) is 3.53. The lowest BCUT2D eigenvalue weighted by molar-refractivity contribution is 1.24. The zero-order valence-electron chi connectivity index (χ0n) is 11.7. The quantitative estimate of drug-likeness (QED) is 0.595. The number of fused-ring (bicyclic) bond motifs is 1. The number of halogens is 1. The molecule has 0 spiro atoms. The number of rotatable bonds is 1. The van der Waals surface area contributed by atoms with Crippen molar-refractivity contribution in [1.29, 1.82) is 0 Å². The van der Waals surface area contributed by atoms with E-state index in [4.69, 9.17) is 11.6 Å². The van der Waals surface area contributed by atoms with Crippen LogP contribution < -0.4 is 0 Å². The monoisotopic (exact) mass is 282 g/mol. The molecule has 3 aromatic rings. The number of nitrogens with zero attached hydrogens (tertiary/aromatic N) is 2. The van der Waals surface area contributed by atoms with Crippen LogP contribution in [0.25, 0.3) is 22.0 Å². The first-order valence-electron chi connectivity index (χ1n) is 6.55. The maximum Gasteiger partial charge on any atom is 0.129 e. The standard InChI is InChI=1S/C17H15ClN2/c1-10-6-16-13(5-4-12(3)20-16)7-14(10)15-8-17(18)19-9-11(15)2/h4-9H,1-3H3. The smallest absolute Gasteiger partial charge is 0.129 e. The van der Waals surface area contributed by atoms with E-state index in [-0.39, 0.29) is 0 Å². The van der Waals surface area contributed by atoms with E-state index in [0.29, 0.717) is 5.15 Å². The Balaban J connectivity index is 2.28. The Bertz CT molecular complexity index is 809. The molecule has 0 N–H and O–H groups in total. The molecule has 3 heteroatoms. The van der Waals surface area contributed by atoms with Gasteiger partial charge in [-0.15, -0.1) is 0 Å². The van der Waals surface area contributed by atoms with Gasteiger partial charge in [-0.25, -0.2) is 4.98 Å². The fourth-order valence-electron chi connectivity index (χ4n) is 2.46. The molecule has 0 aliphatic rings. The van der Waals surface area contributed by atoms with E-state index >= 15 is 0 Å². The lowest BCUT2D eigenvalue weighted by Crippen LogP contribution is -1.91. The Morgan fingerprint density at radius 3 is 2.45 bits per heavy atom. The van der Waals surface area contributed by atoms with Gasteiger partial charge in [0.05, 0.1) is 5.52 Å². The number of hydrogen-bond donors (Lipinski definition) is 0. The van der Waals surface area contributed by atoms with E-state index in [2.05, 4.69) is 42.0 Å². The van der Waals surface area contributed by atoms with E-state index < -0.39 is 0 Å². The van der Waals surface area contributed by atoms with E-state index in [1.165, 1.54) is 11.1 Å². The van der Waals surface area contributed by atoms with E-state index in [0.717, 1.165) is 27.7 Å². The topological polar surface area (TPSA) is 25.8 Å². The van der Waals surface area contributed by atoms with Crippen LogP contribution in [0.4, 0.5) is 0 Å². The molecular weight excluding hydrogens is 268 g/mol. The van der Waals surface area contributed by atoms with Crippen molar-refractivity contribution in [2.75, 3.05) is 0 Å². The van der Waals surface area contributed by atoms with Crippen molar-refractivity contribution in [3.8, 4) is 11.1 Å². The molecule has 100 valence electrons. The molecule has 0 radical (unpaired) electrons. The minimum absolute atomic E-state index is 0.520. The molecule has 20 heavy (non-hydrogen) atoms. The minimum atomic E-state index is 0.520. The van der Waals surface area contributed by atoms with Crippen LogP contribution >= 0.6 is 11.6 Å². The molecule has 0 unspecified atom stereocenters. The SMILES string of the molecule is Cc1ccc2cc(-c3cc(Cl)ncc3C)c(C)cc2n1. The molecule has 0 bridgehead atoms. The van der Waals surface area contributed by atoms with Crippen molar-refractivity contribution in [3.05, 3.63) is 58.5 Å². The van der Waals surface area contributed by atoms with Crippen LogP contribution in [0.1, 0.15) is 16.8 Å². The molecule has 0 fully saturated rings. The molecule has 0 aliphatic carbocycles. The van der Waals surface area contributed by atoms with Crippen molar-refractivity contribution < 1.29 is 0 Å². The number of hydrogen-bond acceptors (Lipinski definition) is 2. The van der Waals surface area contributed by atoms with Gasteiger partial charge in [-0.05, 0) is 67.3 Å². The van der Waals surface area contributed by atoms with Crippen molar-refractivity contribution in [2.24, 2.45) is 0 Å². The van der Waals surface area contributed by atoms with Crippen LogP contribution in [0.3, 0.4) is 0 Å². The molecule has 0 aliphatic heterocycles. The van der Waals surface area contributed by atoms with Gasteiger partial charge >= 0.3 is 0 Å². The van der Waals surface area contributed by atoms with Crippen LogP contribution in [0, 0.1) is 20.8 Å². The van der Waals surface area contributed by atoms with Gasteiger partial charge in [-0.3, -0.25) is 4.98 Å². The summed E-state index contributed by atoms with van der Waals surface area (Å²) in [6.45, 7) is 6.16. The molecular formula is C17H15ClN2. The van der Waals surface area contributed by atoms with Crippen LogP contribution in [0.2, 0.25) is 5.15 Å². The van der Waals surface area contributed by atoms with Gasteiger partial charge < -0.3 is 0 Å². The first kappa shape index (κ1) is 13.1. The second-order valence-electron chi connectivity index (χ2n) is 5.13. The highest BCUT2D eigenvalue weighted by atomic mass is 35.5. The highest BCUT2D eigenvalue weighted by molar-refractivity contribution is 6.29. The van der Waals surface area contributed by atoms with Gasteiger partial charge in [0.25, 0.3) is 0 Å². The van der Waals surface area contributed by atoms with Gasteiger partial charge in [-0.1, -0.05) is 17.7 Å². The fraction of sp³-hybridized carbons (Fsp3) is 0.176. The largest absolute Gasteiger partial charge is 0.253 e. The van der Waals surface area contributed by atoms with E-state index in [1.807, 2.05) is 25.3 Å². The Labute approximate surface area is 123 Å². The molecule has 2 aromatic heterocycles. The predicted octanol–water partition coefficient (Wildman–Crippen LogP) is 4.88. The lowest BCUT2D eigenvalue weighted by atomic mass is 9.96. The lowest BCUT2D eigenvalue weighted by Gasteiger charge is -2.11. The summed E-state index contributed by atoms with van der Waals surface area (Å²) in [5, 5.41) is 1.66. The molecule has 2 nitrogen and oxygen atoms in total. The van der Waals surface area contributed by atoms with Gasteiger partial charge in [0.15, 0.2) is 0 Å². The van der Waals surface area contributed by atoms with Crippen molar-refractivity contribution in [3.63, 3.8) is 0 Å². The van der Waals surface area contributed by atoms with Crippen LogP contribution in [0.15, 0.2) is 36.5 Å². The summed E-state index contributed by atoms with van der Waals surface area (Å²) in [4.78, 5) is 8.69. The first-order chi connectivity index (χ1) is 9.54. The summed E-state index contributed by atoms with van der Waals surface area (Å²) in [6.07, 6.45) is 1.81. The second kappa shape index (κ2) is 4.88. The average molecular weight is 283 g/mol. The van der Waals surface area contributed by atoms with Crippen LogP contribution in [-0.4, -0.2) is 9.97 Å². The number of benzene rings is 1. The number of pyridine rings is 2. The van der Waals surface area contributed by atoms with Gasteiger partial charge in [0.2, 0.25) is 0 Å². The molecule has 0 saturated heterocycles. The summed E-state index contributed by atoms with van der Waals surface area (Å²) in [5.41, 5.74) is 6.70. The highest BCUT2D eigenvalue weighted by Gasteiger charge is 2.09. The molecule has 2 heterocycles. The molecule has 0 saturated carbocycles.